The van der Waals surface area contributed by atoms with Crippen molar-refractivity contribution in [2.45, 2.75) is 301 Å². The topological polar surface area (TPSA) is 186 Å². The number of aryl methyl sites for hydroxylation is 4. The third-order valence-electron chi connectivity index (χ3n) is 20.4. The molecule has 4 aromatic carbocycles. The molecule has 0 aliphatic heterocycles. The molecule has 100 heavy (non-hydrogen) atoms. The third kappa shape index (κ3) is 27.0. The first-order valence-electron chi connectivity index (χ1n) is 38.6. The highest BCUT2D eigenvalue weighted by Crippen LogP contribution is 2.49. The lowest BCUT2D eigenvalue weighted by Gasteiger charge is -2.32. The summed E-state index contributed by atoms with van der Waals surface area (Å²) >= 11 is 0. The van der Waals surface area contributed by atoms with Crippen LogP contribution in [0.25, 0.3) is 0 Å². The molecular weight excluding hydrogens is 1250 g/mol. The molecule has 0 unspecified atom stereocenters. The second-order valence-corrected chi connectivity index (χ2v) is 30.6. The summed E-state index contributed by atoms with van der Waals surface area (Å²) < 4.78 is 23.3. The quantitative estimate of drug-likeness (QED) is 0.0110. The Morgan fingerprint density at radius 3 is 0.980 bits per heavy atom. The Labute approximate surface area is 602 Å². The first-order chi connectivity index (χ1) is 47.7. The number of rotatable bonds is 38. The van der Waals surface area contributed by atoms with Gasteiger partial charge in [0.05, 0.1) is 0 Å². The molecule has 0 radical (unpaired) electrons. The number of benzene rings is 4. The average Bonchev–Trinajstić information content (AvgIpc) is 0.787. The van der Waals surface area contributed by atoms with Crippen LogP contribution < -0.4 is 18.9 Å². The van der Waals surface area contributed by atoms with Gasteiger partial charge in [0.1, 0.15) is 46.0 Å². The van der Waals surface area contributed by atoms with Gasteiger partial charge < -0.3 is 39.4 Å². The van der Waals surface area contributed by atoms with Crippen molar-refractivity contribution in [1.82, 2.24) is 0 Å². The van der Waals surface area contributed by atoms with E-state index in [1.165, 1.54) is 24.0 Å². The third-order valence-corrected chi connectivity index (χ3v) is 20.4. The molecule has 0 saturated carbocycles. The lowest BCUT2D eigenvalue weighted by Crippen LogP contribution is -2.27. The minimum absolute atomic E-state index is 0.0480. The maximum absolute atomic E-state index is 13.6. The number of phenolic OH excluding ortho intramolecular Hbond substituents is 4. The number of aromatic hydroxyl groups is 4. The fourth-order valence-corrected chi connectivity index (χ4v) is 14.3. The van der Waals surface area contributed by atoms with E-state index in [1.807, 2.05) is 13.8 Å². The van der Waals surface area contributed by atoms with E-state index in [1.54, 1.807) is 48.5 Å². The molecule has 4 aromatic rings. The minimum atomic E-state index is -1.16. The minimum Gasteiger partial charge on any atom is -0.508 e. The Bertz CT molecular complexity index is 3160. The van der Waals surface area contributed by atoms with Crippen molar-refractivity contribution >= 4 is 23.9 Å². The van der Waals surface area contributed by atoms with Gasteiger partial charge in [-0.3, -0.25) is 0 Å². The Morgan fingerprint density at radius 1 is 0.400 bits per heavy atom. The molecule has 0 aromatic heterocycles. The number of allylic oxidation sites excluding steroid dienone is 6. The van der Waals surface area contributed by atoms with Crippen LogP contribution in [0.2, 0.25) is 0 Å². The van der Waals surface area contributed by atoms with Crippen molar-refractivity contribution < 1.29 is 58.6 Å². The van der Waals surface area contributed by atoms with Gasteiger partial charge in [0.25, 0.3) is 0 Å². The summed E-state index contributed by atoms with van der Waals surface area (Å²) in [6.45, 7) is 38.5. The largest absolute Gasteiger partial charge is 0.508 e. The number of ether oxygens (including phenoxy) is 4. The average molecular weight is 1380 g/mol. The summed E-state index contributed by atoms with van der Waals surface area (Å²) in [5.74, 6) is -1.83. The highest BCUT2D eigenvalue weighted by atomic mass is 16.6. The van der Waals surface area contributed by atoms with Crippen molar-refractivity contribution in [3.8, 4) is 46.0 Å². The molecule has 2 aliphatic rings. The van der Waals surface area contributed by atoms with E-state index in [4.69, 9.17) is 18.9 Å². The van der Waals surface area contributed by atoms with Crippen LogP contribution in [0.1, 0.15) is 307 Å². The zero-order valence-electron chi connectivity index (χ0n) is 64.1. The lowest BCUT2D eigenvalue weighted by molar-refractivity contribution is -0.156. The molecule has 6 rings (SSSR count). The highest BCUT2D eigenvalue weighted by molar-refractivity contribution is 6.31. The Hall–Kier alpha value is -7.08. The van der Waals surface area contributed by atoms with Crippen LogP contribution in [-0.4, -0.2) is 44.3 Å². The summed E-state index contributed by atoms with van der Waals surface area (Å²) in [4.78, 5) is 54.2. The molecule has 12 heteroatoms. The van der Waals surface area contributed by atoms with Crippen LogP contribution >= 0.6 is 0 Å². The van der Waals surface area contributed by atoms with Crippen LogP contribution in [0.4, 0.5) is 0 Å². The maximum atomic E-state index is 13.6. The standard InChI is InChI=1S/2C44H64O6/c2*1-9-11-13-18-33-25-38(45)36(23-20-31(7)17-15-16-29(3)4)40(27-33)49-43(47)44(48)50-41-28-34(19-14-12-10-2)26-39(46)42(41)37-24-32(8)21-22-35(37)30(5)6/h2*24-29,31,35,37,45-46H,5,9-23H2,1-4,6-8H3/t31-,35+,37-;31-,35-,37+/m10/s1. The molecule has 0 amide bonds. The van der Waals surface area contributed by atoms with Crippen molar-refractivity contribution in [3.05, 3.63) is 141 Å². The summed E-state index contributed by atoms with van der Waals surface area (Å²) in [5.41, 5.74) is 9.80. The van der Waals surface area contributed by atoms with Gasteiger partial charge in [-0.05, 0) is 237 Å². The smallest absolute Gasteiger partial charge is 0.423 e. The molecule has 6 atom stereocenters. The highest BCUT2D eigenvalue weighted by Gasteiger charge is 2.35. The molecule has 12 nitrogen and oxygen atoms in total. The van der Waals surface area contributed by atoms with Gasteiger partial charge >= 0.3 is 23.9 Å². The molecule has 0 bridgehead atoms. The molecule has 2 aliphatic carbocycles. The zero-order chi connectivity index (χ0) is 73.6. The predicted octanol–water partition coefficient (Wildman–Crippen LogP) is 23.0. The summed E-state index contributed by atoms with van der Waals surface area (Å²) in [7, 11) is 0. The van der Waals surface area contributed by atoms with Crippen LogP contribution in [0, 0.1) is 35.5 Å². The van der Waals surface area contributed by atoms with Gasteiger partial charge in [-0.2, -0.15) is 0 Å². The fraction of sp³-hybridized carbons (Fsp3) is 0.591. The lowest BCUT2D eigenvalue weighted by atomic mass is 9.73. The van der Waals surface area contributed by atoms with E-state index in [0.717, 1.165) is 187 Å². The van der Waals surface area contributed by atoms with Gasteiger partial charge in [0.15, 0.2) is 0 Å². The molecule has 0 fully saturated rings. The van der Waals surface area contributed by atoms with E-state index in [2.05, 4.69) is 108 Å². The molecule has 4 N–H and O–H groups in total. The van der Waals surface area contributed by atoms with Gasteiger partial charge in [-0.1, -0.05) is 207 Å². The van der Waals surface area contributed by atoms with E-state index >= 15 is 0 Å². The number of hydrogen-bond acceptors (Lipinski definition) is 12. The van der Waals surface area contributed by atoms with Crippen molar-refractivity contribution in [2.75, 3.05) is 0 Å². The molecule has 0 spiro atoms. The summed E-state index contributed by atoms with van der Waals surface area (Å²) in [6.07, 6.45) is 32.4. The fourth-order valence-electron chi connectivity index (χ4n) is 14.3. The number of carbonyl (C=O) groups is 4. The maximum Gasteiger partial charge on any atom is 0.423 e. The van der Waals surface area contributed by atoms with Crippen molar-refractivity contribution in [3.63, 3.8) is 0 Å². The van der Waals surface area contributed by atoms with E-state index in [-0.39, 0.29) is 69.7 Å². The second-order valence-electron chi connectivity index (χ2n) is 30.6. The van der Waals surface area contributed by atoms with Crippen LogP contribution in [0.15, 0.2) is 96.1 Å². The van der Waals surface area contributed by atoms with Crippen molar-refractivity contribution in [1.29, 1.82) is 0 Å². The number of phenols is 4. The first-order valence-corrected chi connectivity index (χ1v) is 38.6. The van der Waals surface area contributed by atoms with Crippen LogP contribution in [-0.2, 0) is 57.7 Å². The Balaban J connectivity index is 0.000000361. The van der Waals surface area contributed by atoms with Crippen molar-refractivity contribution in [2.24, 2.45) is 35.5 Å². The Morgan fingerprint density at radius 2 is 0.690 bits per heavy atom. The second kappa shape index (κ2) is 43.0. The Kier molecular flexibility index (Phi) is 35.9. The number of carbonyl (C=O) groups excluding carboxylic acids is 4. The van der Waals surface area contributed by atoms with Crippen LogP contribution in [0.5, 0.6) is 46.0 Å². The first kappa shape index (κ1) is 83.6. The van der Waals surface area contributed by atoms with Gasteiger partial charge in [-0.15, -0.1) is 0 Å². The van der Waals surface area contributed by atoms with Gasteiger partial charge in [-0.25, -0.2) is 19.2 Å². The monoisotopic (exact) mass is 1380 g/mol. The number of esters is 4. The van der Waals surface area contributed by atoms with Gasteiger partial charge in [0, 0.05) is 34.1 Å². The summed E-state index contributed by atoms with van der Waals surface area (Å²) in [6, 6.07) is 14.2. The van der Waals surface area contributed by atoms with Gasteiger partial charge in [0.2, 0.25) is 0 Å². The number of unbranched alkanes of at least 4 members (excludes halogenated alkanes) is 8. The molecule has 0 saturated heterocycles. The molecule has 0 heterocycles. The van der Waals surface area contributed by atoms with E-state index in [9.17, 15) is 39.6 Å². The van der Waals surface area contributed by atoms with E-state index < -0.39 is 23.9 Å². The molecule has 552 valence electrons. The zero-order valence-corrected chi connectivity index (χ0v) is 64.1. The summed E-state index contributed by atoms with van der Waals surface area (Å²) in [5, 5.41) is 45.2. The van der Waals surface area contributed by atoms with Crippen LogP contribution in [0.3, 0.4) is 0 Å². The van der Waals surface area contributed by atoms with E-state index in [0.29, 0.717) is 71.6 Å². The normalized spacial score (nSPS) is 16.6. The molecular formula is C88H128O12. The number of hydrogen-bond donors (Lipinski definition) is 4. The SMILES string of the molecule is C=C(C)[C@@H]1CCC(C)=C[C@H]1c1c(O)cc(CCCCC)cc1OC(=O)C(=O)Oc1cc(CCCCC)cc(O)c1CC[C@@H](C)CCCC(C)C.C=C(C)[C@@H]1CCC(C)=C[C@H]1c1c(O)cc(CCCCC)cc1OC(=O)C(=O)Oc1cc(CCCCC)cc(O)c1CC[C@H](C)CCCC(C)C. The predicted molar refractivity (Wildman–Crippen MR) is 408 cm³/mol.